The molecule has 6 nitrogen and oxygen atoms in total. The Morgan fingerprint density at radius 1 is 0.769 bits per heavy atom. The second-order valence-corrected chi connectivity index (χ2v) is 11.2. The van der Waals surface area contributed by atoms with Gasteiger partial charge >= 0.3 is 0 Å². The van der Waals surface area contributed by atoms with E-state index in [1.165, 1.54) is 6.07 Å². The van der Waals surface area contributed by atoms with Gasteiger partial charge in [0, 0.05) is 5.39 Å². The number of benzene rings is 2. The molecule has 0 atom stereocenters. The van der Waals surface area contributed by atoms with Gasteiger partial charge in [0.1, 0.15) is 9.79 Å². The zero-order chi connectivity index (χ0) is 20.3. The van der Waals surface area contributed by atoms with Gasteiger partial charge in [0.05, 0.1) is 0 Å². The van der Waals surface area contributed by atoms with E-state index in [2.05, 4.69) is 0 Å². The van der Waals surface area contributed by atoms with Crippen LogP contribution in [0.25, 0.3) is 10.8 Å². The van der Waals surface area contributed by atoms with Gasteiger partial charge in [-0.1, -0.05) is 59.7 Å². The third-order valence-corrected chi connectivity index (χ3v) is 6.06. The van der Waals surface area contributed by atoms with Crippen molar-refractivity contribution in [1.82, 2.24) is 0 Å². The van der Waals surface area contributed by atoms with Crippen LogP contribution in [0, 0.1) is 0 Å². The average molecular weight is 401 g/mol. The van der Waals surface area contributed by atoms with Gasteiger partial charge in [-0.25, -0.2) is 0 Å². The smallest absolute Gasteiger partial charge is 0.282 e. The molecular formula is C18H24O6S2. The normalized spacial score (nSPS) is 14.0. The van der Waals surface area contributed by atoms with E-state index in [1.54, 1.807) is 39.0 Å². The van der Waals surface area contributed by atoms with E-state index in [0.717, 1.165) is 0 Å². The first-order valence-electron chi connectivity index (χ1n) is 8.01. The molecule has 0 saturated carbocycles. The Labute approximate surface area is 154 Å². The zero-order valence-electron chi connectivity index (χ0n) is 15.7. The number of hydrogen-bond donors (Lipinski definition) is 2. The van der Waals surface area contributed by atoms with Crippen LogP contribution in [0.3, 0.4) is 0 Å². The quantitative estimate of drug-likeness (QED) is 0.739. The summed E-state index contributed by atoms with van der Waals surface area (Å²) in [6.45, 7) is 10.9. The molecule has 0 radical (unpaired) electrons. The summed E-state index contributed by atoms with van der Waals surface area (Å²) < 4.78 is 68.0. The average Bonchev–Trinajstić information content (AvgIpc) is 2.40. The maximum absolute atomic E-state index is 12.2. The molecule has 2 rings (SSSR count). The monoisotopic (exact) mass is 400 g/mol. The van der Waals surface area contributed by atoms with E-state index in [-0.39, 0.29) is 10.9 Å². The third kappa shape index (κ3) is 3.93. The van der Waals surface area contributed by atoms with Crippen molar-refractivity contribution in [2.45, 2.75) is 62.2 Å². The summed E-state index contributed by atoms with van der Waals surface area (Å²) in [6.07, 6.45) is 0. The molecule has 0 aromatic heterocycles. The lowest BCUT2D eigenvalue weighted by atomic mass is 9.83. The molecule has 0 heterocycles. The predicted molar refractivity (Wildman–Crippen MR) is 101 cm³/mol. The van der Waals surface area contributed by atoms with Crippen LogP contribution in [-0.4, -0.2) is 25.9 Å². The molecule has 2 N–H and O–H groups in total. The Morgan fingerprint density at radius 3 is 1.69 bits per heavy atom. The van der Waals surface area contributed by atoms with Crippen LogP contribution in [-0.2, 0) is 31.1 Å². The summed E-state index contributed by atoms with van der Waals surface area (Å²) >= 11 is 0. The highest BCUT2D eigenvalue weighted by molar-refractivity contribution is 7.87. The molecule has 0 unspecified atom stereocenters. The molecule has 0 spiro atoms. The van der Waals surface area contributed by atoms with Gasteiger partial charge in [-0.05, 0) is 33.4 Å². The fourth-order valence-electron chi connectivity index (χ4n) is 2.89. The Kier molecular flexibility index (Phi) is 4.82. The first kappa shape index (κ1) is 20.8. The zero-order valence-corrected chi connectivity index (χ0v) is 17.3. The predicted octanol–water partition coefficient (Wildman–Crippen LogP) is 3.93. The molecule has 0 aliphatic rings. The van der Waals surface area contributed by atoms with E-state index in [1.807, 2.05) is 20.8 Å². The lowest BCUT2D eigenvalue weighted by Gasteiger charge is -2.25. The van der Waals surface area contributed by atoms with Gasteiger partial charge in [0.15, 0.2) is 0 Å². The van der Waals surface area contributed by atoms with Gasteiger partial charge in [0.25, 0.3) is 20.2 Å². The minimum Gasteiger partial charge on any atom is -0.282 e. The molecule has 0 bridgehead atoms. The molecule has 0 amide bonds. The topological polar surface area (TPSA) is 109 Å². The summed E-state index contributed by atoms with van der Waals surface area (Å²) in [5.74, 6) is 0. The highest BCUT2D eigenvalue weighted by Crippen LogP contribution is 2.39. The highest BCUT2D eigenvalue weighted by atomic mass is 32.2. The van der Waals surface area contributed by atoms with Crippen LogP contribution in [0.15, 0.2) is 34.1 Å². The van der Waals surface area contributed by atoms with Gasteiger partial charge in [-0.15, -0.1) is 0 Å². The van der Waals surface area contributed by atoms with Crippen LogP contribution in [0.1, 0.15) is 52.7 Å². The van der Waals surface area contributed by atoms with Crippen molar-refractivity contribution in [3.8, 4) is 0 Å². The maximum Gasteiger partial charge on any atom is 0.295 e. The summed E-state index contributed by atoms with van der Waals surface area (Å²) in [5.41, 5.74) is -0.240. The molecular weight excluding hydrogens is 376 g/mol. The number of rotatable bonds is 2. The van der Waals surface area contributed by atoms with Crippen LogP contribution >= 0.6 is 0 Å². The fraction of sp³-hybridized carbons (Fsp3) is 0.444. The SMILES string of the molecule is CC(C)(C)c1cc(S(=O)(=O)O)c2c(S(=O)(=O)O)c(C(C)(C)C)ccc2c1. The Bertz CT molecular complexity index is 1080. The van der Waals surface area contributed by atoms with Gasteiger partial charge in [0.2, 0.25) is 0 Å². The summed E-state index contributed by atoms with van der Waals surface area (Å²) in [5, 5.41) is 0.112. The second kappa shape index (κ2) is 6.02. The van der Waals surface area contributed by atoms with Gasteiger partial charge < -0.3 is 0 Å². The van der Waals surface area contributed by atoms with E-state index in [4.69, 9.17) is 0 Å². The molecule has 144 valence electrons. The van der Waals surface area contributed by atoms with E-state index >= 15 is 0 Å². The molecule has 8 heteroatoms. The van der Waals surface area contributed by atoms with Crippen LogP contribution in [0.2, 0.25) is 0 Å². The van der Waals surface area contributed by atoms with Crippen LogP contribution < -0.4 is 0 Å². The van der Waals surface area contributed by atoms with Crippen molar-refractivity contribution < 1.29 is 25.9 Å². The minimum atomic E-state index is -4.75. The van der Waals surface area contributed by atoms with Crippen molar-refractivity contribution in [3.05, 3.63) is 35.4 Å². The first-order valence-corrected chi connectivity index (χ1v) is 10.9. The van der Waals surface area contributed by atoms with E-state index < -0.39 is 40.9 Å². The van der Waals surface area contributed by atoms with E-state index in [9.17, 15) is 25.9 Å². The third-order valence-electron chi connectivity index (χ3n) is 4.24. The second-order valence-electron chi connectivity index (χ2n) is 8.46. The number of hydrogen-bond acceptors (Lipinski definition) is 4. The number of fused-ring (bicyclic) bond motifs is 1. The van der Waals surface area contributed by atoms with Crippen molar-refractivity contribution in [2.24, 2.45) is 0 Å². The standard InChI is InChI=1S/C18H24O6S2/c1-17(2,3)12-9-11-7-8-13(18(4,5)6)16(26(22,23)24)15(11)14(10-12)25(19,20)21/h7-10H,1-6H3,(H,19,20,21)(H,22,23,24). The highest BCUT2D eigenvalue weighted by Gasteiger charge is 2.31. The van der Waals surface area contributed by atoms with Gasteiger partial charge in [-0.3, -0.25) is 9.11 Å². The van der Waals surface area contributed by atoms with Crippen molar-refractivity contribution in [2.75, 3.05) is 0 Å². The molecule has 26 heavy (non-hydrogen) atoms. The summed E-state index contributed by atoms with van der Waals surface area (Å²) in [4.78, 5) is -1.02. The van der Waals surface area contributed by atoms with E-state index in [0.29, 0.717) is 10.9 Å². The van der Waals surface area contributed by atoms with Crippen LogP contribution in [0.5, 0.6) is 0 Å². The minimum absolute atomic E-state index is 0.199. The Hall–Kier alpha value is -1.48. The van der Waals surface area contributed by atoms with Crippen molar-refractivity contribution in [1.29, 1.82) is 0 Å². The molecule has 0 aliphatic heterocycles. The fourth-order valence-corrected chi connectivity index (χ4v) is 4.85. The molecule has 0 fully saturated rings. The van der Waals surface area contributed by atoms with Gasteiger partial charge in [-0.2, -0.15) is 16.8 Å². The molecule has 0 saturated heterocycles. The lowest BCUT2D eigenvalue weighted by molar-refractivity contribution is 0.477. The molecule has 0 aliphatic carbocycles. The summed E-state index contributed by atoms with van der Waals surface area (Å²) in [7, 11) is -9.48. The lowest BCUT2D eigenvalue weighted by Crippen LogP contribution is -2.19. The van der Waals surface area contributed by atoms with Crippen LogP contribution in [0.4, 0.5) is 0 Å². The molecule has 2 aromatic carbocycles. The molecule has 2 aromatic rings. The maximum atomic E-state index is 12.2. The van der Waals surface area contributed by atoms with Crippen molar-refractivity contribution in [3.63, 3.8) is 0 Å². The Balaban J connectivity index is 3.24. The van der Waals surface area contributed by atoms with Crippen molar-refractivity contribution >= 4 is 31.0 Å². The largest absolute Gasteiger partial charge is 0.295 e. The first-order chi connectivity index (χ1) is 11.4. The summed E-state index contributed by atoms with van der Waals surface area (Å²) in [6, 6.07) is 6.10. The Morgan fingerprint density at radius 2 is 1.31 bits per heavy atom.